The van der Waals surface area contributed by atoms with Gasteiger partial charge >= 0.3 is 5.97 Å². The second-order valence-electron chi connectivity index (χ2n) is 7.23. The Morgan fingerprint density at radius 3 is 2.48 bits per heavy atom. The van der Waals surface area contributed by atoms with Crippen LogP contribution >= 0.6 is 0 Å². The number of amides is 2. The van der Waals surface area contributed by atoms with Gasteiger partial charge in [-0.2, -0.15) is 0 Å². The van der Waals surface area contributed by atoms with Crippen LogP contribution in [0.5, 0.6) is 0 Å². The monoisotopic (exact) mass is 344 g/mol. The minimum atomic E-state index is -0.914. The van der Waals surface area contributed by atoms with Gasteiger partial charge in [-0.1, -0.05) is 30.3 Å². The van der Waals surface area contributed by atoms with Gasteiger partial charge in [0.05, 0.1) is 5.41 Å². The molecule has 2 fully saturated rings. The van der Waals surface area contributed by atoms with Gasteiger partial charge in [-0.25, -0.2) is 0 Å². The maximum Gasteiger partial charge on any atom is 0.311 e. The molecule has 0 radical (unpaired) electrons. The summed E-state index contributed by atoms with van der Waals surface area (Å²) in [6.45, 7) is 2.83. The molecule has 2 atom stereocenters. The van der Waals surface area contributed by atoms with Gasteiger partial charge in [0.25, 0.3) is 0 Å². The van der Waals surface area contributed by atoms with Crippen LogP contribution < -0.4 is 0 Å². The van der Waals surface area contributed by atoms with Crippen molar-refractivity contribution in [1.82, 2.24) is 9.80 Å². The van der Waals surface area contributed by atoms with Gasteiger partial charge in [-0.05, 0) is 31.7 Å². The van der Waals surface area contributed by atoms with E-state index in [-0.39, 0.29) is 18.4 Å². The first-order valence-corrected chi connectivity index (χ1v) is 8.79. The Labute approximate surface area is 147 Å². The number of aliphatic carboxylic acids is 1. The highest BCUT2D eigenvalue weighted by Gasteiger charge is 2.45. The second kappa shape index (κ2) is 6.86. The number of hydrogen-bond donors (Lipinski definition) is 1. The van der Waals surface area contributed by atoms with Crippen LogP contribution in [0.1, 0.15) is 44.2 Å². The molecule has 0 unspecified atom stereocenters. The van der Waals surface area contributed by atoms with Crippen LogP contribution in [0, 0.1) is 5.41 Å². The molecule has 0 bridgehead atoms. The summed E-state index contributed by atoms with van der Waals surface area (Å²) in [7, 11) is 0. The van der Waals surface area contributed by atoms with E-state index in [1.54, 1.807) is 16.7 Å². The lowest BCUT2D eigenvalue weighted by molar-refractivity contribution is -0.150. The smallest absolute Gasteiger partial charge is 0.311 e. The van der Waals surface area contributed by atoms with Gasteiger partial charge in [0.15, 0.2) is 0 Å². The van der Waals surface area contributed by atoms with Gasteiger partial charge < -0.3 is 14.9 Å². The van der Waals surface area contributed by atoms with E-state index in [0.717, 1.165) is 18.4 Å². The highest BCUT2D eigenvalue weighted by molar-refractivity contribution is 5.90. The number of carboxylic acids is 1. The molecule has 1 aromatic rings. The number of rotatable bonds is 4. The molecule has 0 spiro atoms. The van der Waals surface area contributed by atoms with E-state index in [2.05, 4.69) is 0 Å². The van der Waals surface area contributed by atoms with E-state index in [1.165, 1.54) is 0 Å². The summed E-state index contributed by atoms with van der Waals surface area (Å²) in [4.78, 5) is 40.4. The molecule has 2 aliphatic heterocycles. The van der Waals surface area contributed by atoms with Crippen molar-refractivity contribution in [2.45, 2.75) is 38.6 Å². The summed E-state index contributed by atoms with van der Waals surface area (Å²) in [6.07, 6.45) is 2.63. The predicted octanol–water partition coefficient (Wildman–Crippen LogP) is 2.06. The van der Waals surface area contributed by atoms with Gasteiger partial charge in [0, 0.05) is 26.1 Å². The van der Waals surface area contributed by atoms with Crippen molar-refractivity contribution in [1.29, 1.82) is 0 Å². The number of likely N-dealkylation sites (tertiary alicyclic amines) is 2. The van der Waals surface area contributed by atoms with Crippen molar-refractivity contribution in [3.8, 4) is 0 Å². The Kier molecular flexibility index (Phi) is 4.79. The minimum Gasteiger partial charge on any atom is -0.481 e. The number of benzene rings is 1. The van der Waals surface area contributed by atoms with Gasteiger partial charge in [0.1, 0.15) is 6.04 Å². The van der Waals surface area contributed by atoms with Crippen LogP contribution in [0.25, 0.3) is 0 Å². The molecule has 2 heterocycles. The molecular formula is C19H24N2O4. The van der Waals surface area contributed by atoms with Crippen LogP contribution in [0.2, 0.25) is 0 Å². The summed E-state index contributed by atoms with van der Waals surface area (Å²) in [5, 5.41) is 9.42. The Balaban J connectivity index is 1.88. The van der Waals surface area contributed by atoms with E-state index in [4.69, 9.17) is 0 Å². The fourth-order valence-corrected chi connectivity index (χ4v) is 3.69. The molecule has 0 aromatic heterocycles. The fourth-order valence-electron chi connectivity index (χ4n) is 3.69. The molecule has 3 rings (SSSR count). The molecule has 2 aliphatic rings. The molecule has 1 aromatic carbocycles. The Morgan fingerprint density at radius 1 is 1.16 bits per heavy atom. The van der Waals surface area contributed by atoms with Gasteiger partial charge in [0.2, 0.25) is 11.8 Å². The molecule has 6 nitrogen and oxygen atoms in total. The molecule has 25 heavy (non-hydrogen) atoms. The third-order valence-electron chi connectivity index (χ3n) is 5.32. The molecule has 134 valence electrons. The number of carbonyl (C=O) groups is 3. The Bertz CT molecular complexity index is 675. The van der Waals surface area contributed by atoms with E-state index >= 15 is 0 Å². The Hall–Kier alpha value is -2.37. The lowest BCUT2D eigenvalue weighted by Gasteiger charge is -2.36. The maximum atomic E-state index is 13.2. The van der Waals surface area contributed by atoms with Crippen molar-refractivity contribution >= 4 is 17.8 Å². The zero-order valence-electron chi connectivity index (χ0n) is 14.5. The highest BCUT2D eigenvalue weighted by Crippen LogP contribution is 2.34. The number of nitrogens with zero attached hydrogens (tertiary/aromatic N) is 2. The molecule has 1 N–H and O–H groups in total. The average molecular weight is 344 g/mol. The number of carbonyl (C=O) groups excluding carboxylic acids is 2. The Morgan fingerprint density at radius 2 is 1.88 bits per heavy atom. The van der Waals surface area contributed by atoms with Crippen LogP contribution in [0.15, 0.2) is 30.3 Å². The van der Waals surface area contributed by atoms with Crippen LogP contribution in [0.3, 0.4) is 0 Å². The summed E-state index contributed by atoms with van der Waals surface area (Å²) in [5.74, 6) is -1.06. The lowest BCUT2D eigenvalue weighted by atomic mass is 9.90. The second-order valence-corrected chi connectivity index (χ2v) is 7.23. The largest absolute Gasteiger partial charge is 0.481 e. The summed E-state index contributed by atoms with van der Waals surface area (Å²) in [6, 6.07) is 8.64. The normalized spacial score (nSPS) is 25.1. The van der Waals surface area contributed by atoms with Crippen molar-refractivity contribution in [2.75, 3.05) is 19.6 Å². The third kappa shape index (κ3) is 3.38. The molecule has 0 saturated carbocycles. The lowest BCUT2D eigenvalue weighted by Crippen LogP contribution is -2.47. The summed E-state index contributed by atoms with van der Waals surface area (Å²) in [5.41, 5.74) is -0.130. The predicted molar refractivity (Wildman–Crippen MR) is 91.7 cm³/mol. The fraction of sp³-hybridized carbons (Fsp3) is 0.526. The van der Waals surface area contributed by atoms with Crippen LogP contribution in [-0.2, 0) is 14.4 Å². The average Bonchev–Trinajstić information content (AvgIpc) is 3.02. The van der Waals surface area contributed by atoms with Crippen molar-refractivity contribution in [3.05, 3.63) is 35.9 Å². The summed E-state index contributed by atoms with van der Waals surface area (Å²) < 4.78 is 0. The van der Waals surface area contributed by atoms with E-state index in [9.17, 15) is 19.5 Å². The highest BCUT2D eigenvalue weighted by atomic mass is 16.4. The summed E-state index contributed by atoms with van der Waals surface area (Å²) >= 11 is 0. The van der Waals surface area contributed by atoms with Crippen LogP contribution in [0.4, 0.5) is 0 Å². The van der Waals surface area contributed by atoms with Gasteiger partial charge in [-0.15, -0.1) is 0 Å². The van der Waals surface area contributed by atoms with Crippen molar-refractivity contribution in [3.63, 3.8) is 0 Å². The molecule has 6 heteroatoms. The quantitative estimate of drug-likeness (QED) is 0.907. The third-order valence-corrected chi connectivity index (χ3v) is 5.32. The SMILES string of the molecule is C[C@]1(C(=O)O)CCN(C(=O)[C@H](c2ccccc2)N2CCCCC2=O)C1. The first-order chi connectivity index (χ1) is 11.9. The van der Waals surface area contributed by atoms with E-state index in [0.29, 0.717) is 25.9 Å². The standard InChI is InChI=1S/C19H24N2O4/c1-19(18(24)25)10-12-20(13-19)17(23)16(14-7-3-2-4-8-14)21-11-6-5-9-15(21)22/h2-4,7-8,16H,5-6,9-13H2,1H3,(H,24,25)/t16-,19-/m0/s1. The topological polar surface area (TPSA) is 77.9 Å². The van der Waals surface area contributed by atoms with Crippen molar-refractivity contribution < 1.29 is 19.5 Å². The molecule has 2 amide bonds. The van der Waals surface area contributed by atoms with E-state index in [1.807, 2.05) is 30.3 Å². The van der Waals surface area contributed by atoms with Gasteiger partial charge in [-0.3, -0.25) is 14.4 Å². The van der Waals surface area contributed by atoms with Crippen LogP contribution in [-0.4, -0.2) is 52.3 Å². The number of piperidine rings is 1. The minimum absolute atomic E-state index is 0.00588. The molecule has 2 saturated heterocycles. The number of carboxylic acid groups (broad SMARTS) is 1. The first kappa shape index (κ1) is 17.5. The molecular weight excluding hydrogens is 320 g/mol. The van der Waals surface area contributed by atoms with Crippen molar-refractivity contribution in [2.24, 2.45) is 5.41 Å². The van der Waals surface area contributed by atoms with E-state index < -0.39 is 17.4 Å². The number of hydrogen-bond acceptors (Lipinski definition) is 3. The first-order valence-electron chi connectivity index (χ1n) is 8.79. The maximum absolute atomic E-state index is 13.2. The zero-order chi connectivity index (χ0) is 18.0. The zero-order valence-corrected chi connectivity index (χ0v) is 14.5. The molecule has 0 aliphatic carbocycles.